The Morgan fingerprint density at radius 3 is 2.62 bits per heavy atom. The number of anilines is 1. The van der Waals surface area contributed by atoms with E-state index in [9.17, 15) is 14.0 Å². The van der Waals surface area contributed by atoms with Crippen molar-refractivity contribution in [3.05, 3.63) is 54.3 Å². The van der Waals surface area contributed by atoms with E-state index in [0.29, 0.717) is 17.2 Å². The number of nitrogens with one attached hydrogen (secondary N) is 1. The quantitative estimate of drug-likeness (QED) is 0.559. The molecule has 0 aliphatic rings. The maximum absolute atomic E-state index is 12.8. The molecule has 0 heterocycles. The normalized spacial score (nSPS) is 11.5. The second kappa shape index (κ2) is 9.82. The molecular formula is C19H20FNO4S. The van der Waals surface area contributed by atoms with Crippen LogP contribution < -0.4 is 10.1 Å². The summed E-state index contributed by atoms with van der Waals surface area (Å²) in [5, 5.41) is 2.67. The third kappa shape index (κ3) is 6.40. The zero-order valence-corrected chi connectivity index (χ0v) is 15.3. The Bertz CT molecular complexity index is 751. The number of halogens is 1. The third-order valence-corrected chi connectivity index (χ3v) is 4.42. The van der Waals surface area contributed by atoms with Crippen LogP contribution in [0.1, 0.15) is 13.3 Å². The highest BCUT2D eigenvalue weighted by atomic mass is 32.2. The number of ether oxygens (including phenoxy) is 2. The lowest BCUT2D eigenvalue weighted by Crippen LogP contribution is -2.30. The summed E-state index contributed by atoms with van der Waals surface area (Å²) in [6.45, 7) is 1.51. The Kier molecular flexibility index (Phi) is 7.47. The molecule has 0 unspecified atom stereocenters. The smallest absolute Gasteiger partial charge is 0.307 e. The van der Waals surface area contributed by atoms with Gasteiger partial charge in [0.1, 0.15) is 11.6 Å². The fourth-order valence-electron chi connectivity index (χ4n) is 2.04. The van der Waals surface area contributed by atoms with Crippen molar-refractivity contribution in [3.63, 3.8) is 0 Å². The number of esters is 1. The molecule has 138 valence electrons. The highest BCUT2D eigenvalue weighted by molar-refractivity contribution is 7.99. The summed E-state index contributed by atoms with van der Waals surface area (Å²) in [4.78, 5) is 24.8. The van der Waals surface area contributed by atoms with Crippen molar-refractivity contribution < 1.29 is 23.5 Å². The lowest BCUT2D eigenvalue weighted by molar-refractivity contribution is -0.152. The molecule has 0 saturated heterocycles. The van der Waals surface area contributed by atoms with Gasteiger partial charge < -0.3 is 14.8 Å². The number of hydrogen-bond acceptors (Lipinski definition) is 5. The molecule has 0 fully saturated rings. The fraction of sp³-hybridized carbons (Fsp3) is 0.263. The Hall–Kier alpha value is -2.54. The molecule has 1 amide bonds. The first kappa shape index (κ1) is 19.8. The van der Waals surface area contributed by atoms with Gasteiger partial charge in [-0.15, -0.1) is 11.8 Å². The summed E-state index contributed by atoms with van der Waals surface area (Å²) in [6, 6.07) is 12.9. The van der Waals surface area contributed by atoms with Crippen LogP contribution in [0.15, 0.2) is 53.4 Å². The highest BCUT2D eigenvalue weighted by Crippen LogP contribution is 2.19. The number of amides is 1. The summed E-state index contributed by atoms with van der Waals surface area (Å²) in [5.41, 5.74) is 0.559. The van der Waals surface area contributed by atoms with Crippen LogP contribution >= 0.6 is 11.8 Å². The topological polar surface area (TPSA) is 64.6 Å². The molecule has 1 atom stereocenters. The van der Waals surface area contributed by atoms with Gasteiger partial charge in [-0.2, -0.15) is 0 Å². The monoisotopic (exact) mass is 377 g/mol. The largest absolute Gasteiger partial charge is 0.497 e. The maximum Gasteiger partial charge on any atom is 0.307 e. The lowest BCUT2D eigenvalue weighted by atomic mass is 10.3. The van der Waals surface area contributed by atoms with Crippen molar-refractivity contribution in [2.45, 2.75) is 24.3 Å². The third-order valence-electron chi connectivity index (χ3n) is 3.40. The predicted octanol–water partition coefficient (Wildman–Crippen LogP) is 3.89. The van der Waals surface area contributed by atoms with Crippen LogP contribution in [0.2, 0.25) is 0 Å². The molecule has 0 saturated carbocycles. The number of rotatable bonds is 8. The number of thioether (sulfide) groups is 1. The van der Waals surface area contributed by atoms with E-state index in [1.54, 1.807) is 36.4 Å². The van der Waals surface area contributed by atoms with Crippen LogP contribution in [0, 0.1) is 5.82 Å². The van der Waals surface area contributed by atoms with Crippen molar-refractivity contribution >= 4 is 29.3 Å². The van der Waals surface area contributed by atoms with Crippen LogP contribution in [-0.4, -0.2) is 30.8 Å². The number of benzene rings is 2. The summed E-state index contributed by atoms with van der Waals surface area (Å²) in [7, 11) is 1.54. The van der Waals surface area contributed by atoms with Crippen LogP contribution in [0.25, 0.3) is 0 Å². The molecular weight excluding hydrogens is 357 g/mol. The molecule has 0 aromatic heterocycles. The van der Waals surface area contributed by atoms with E-state index < -0.39 is 18.0 Å². The zero-order chi connectivity index (χ0) is 18.9. The SMILES string of the molecule is COc1cccc(NC(=O)[C@H](C)OC(=O)CCSc2ccc(F)cc2)c1. The van der Waals surface area contributed by atoms with Gasteiger partial charge in [0.25, 0.3) is 5.91 Å². The van der Waals surface area contributed by atoms with Crippen LogP contribution in [0.3, 0.4) is 0 Å². The van der Waals surface area contributed by atoms with Crippen LogP contribution in [0.4, 0.5) is 10.1 Å². The van der Waals surface area contributed by atoms with Gasteiger partial charge in [0.05, 0.1) is 13.5 Å². The number of hydrogen-bond donors (Lipinski definition) is 1. The molecule has 7 heteroatoms. The minimum absolute atomic E-state index is 0.152. The zero-order valence-electron chi connectivity index (χ0n) is 14.5. The Balaban J connectivity index is 1.74. The summed E-state index contributed by atoms with van der Waals surface area (Å²) in [6.07, 6.45) is -0.761. The van der Waals surface area contributed by atoms with E-state index in [4.69, 9.17) is 9.47 Å². The van der Waals surface area contributed by atoms with Crippen molar-refractivity contribution in [2.75, 3.05) is 18.2 Å². The average Bonchev–Trinajstić information content (AvgIpc) is 2.63. The molecule has 0 radical (unpaired) electrons. The standard InChI is InChI=1S/C19H20FNO4S/c1-13(19(23)21-15-4-3-5-16(12-15)24-2)25-18(22)10-11-26-17-8-6-14(20)7-9-17/h3-9,12-13H,10-11H2,1-2H3,(H,21,23)/t13-/m0/s1. The Labute approximate surface area is 155 Å². The molecule has 2 aromatic rings. The minimum Gasteiger partial charge on any atom is -0.497 e. The Morgan fingerprint density at radius 1 is 1.19 bits per heavy atom. The number of carbonyl (C=O) groups is 2. The second-order valence-electron chi connectivity index (χ2n) is 5.41. The molecule has 26 heavy (non-hydrogen) atoms. The van der Waals surface area contributed by atoms with Gasteiger partial charge >= 0.3 is 5.97 Å². The predicted molar refractivity (Wildman–Crippen MR) is 98.9 cm³/mol. The van der Waals surface area contributed by atoms with Gasteiger partial charge in [0.2, 0.25) is 0 Å². The maximum atomic E-state index is 12.8. The van der Waals surface area contributed by atoms with Gasteiger partial charge in [-0.1, -0.05) is 6.07 Å². The highest BCUT2D eigenvalue weighted by Gasteiger charge is 2.18. The summed E-state index contributed by atoms with van der Waals surface area (Å²) >= 11 is 1.42. The van der Waals surface area contributed by atoms with Gasteiger partial charge in [-0.3, -0.25) is 9.59 Å². The number of methoxy groups -OCH3 is 1. The van der Waals surface area contributed by atoms with Crippen molar-refractivity contribution in [1.29, 1.82) is 0 Å². The van der Waals surface area contributed by atoms with E-state index in [2.05, 4.69) is 5.32 Å². The lowest BCUT2D eigenvalue weighted by Gasteiger charge is -2.14. The molecule has 0 aliphatic carbocycles. The summed E-state index contributed by atoms with van der Waals surface area (Å²) < 4.78 is 23.1. The molecule has 5 nitrogen and oxygen atoms in total. The first-order chi connectivity index (χ1) is 12.5. The molecule has 2 rings (SSSR count). The summed E-state index contributed by atoms with van der Waals surface area (Å²) in [5.74, 6) is -0.0881. The van der Waals surface area contributed by atoms with E-state index in [1.807, 2.05) is 0 Å². The van der Waals surface area contributed by atoms with E-state index >= 15 is 0 Å². The van der Waals surface area contributed by atoms with Crippen molar-refractivity contribution in [1.82, 2.24) is 0 Å². The van der Waals surface area contributed by atoms with Gasteiger partial charge in [0, 0.05) is 22.4 Å². The van der Waals surface area contributed by atoms with E-state index in [1.165, 1.54) is 37.9 Å². The Morgan fingerprint density at radius 2 is 1.92 bits per heavy atom. The van der Waals surface area contributed by atoms with Gasteiger partial charge in [-0.05, 0) is 43.3 Å². The van der Waals surface area contributed by atoms with Crippen LogP contribution in [-0.2, 0) is 14.3 Å². The molecule has 0 spiro atoms. The molecule has 0 bridgehead atoms. The molecule has 2 aromatic carbocycles. The molecule has 0 aliphatic heterocycles. The number of carbonyl (C=O) groups excluding carboxylic acids is 2. The minimum atomic E-state index is -0.912. The van der Waals surface area contributed by atoms with Crippen molar-refractivity contribution in [3.8, 4) is 5.75 Å². The first-order valence-electron chi connectivity index (χ1n) is 8.00. The van der Waals surface area contributed by atoms with Crippen molar-refractivity contribution in [2.24, 2.45) is 0 Å². The molecule has 1 N–H and O–H groups in total. The van der Waals surface area contributed by atoms with Gasteiger partial charge in [0.15, 0.2) is 6.10 Å². The van der Waals surface area contributed by atoms with E-state index in [-0.39, 0.29) is 12.2 Å². The fourth-order valence-corrected chi connectivity index (χ4v) is 2.87. The first-order valence-corrected chi connectivity index (χ1v) is 8.99. The van der Waals surface area contributed by atoms with Crippen LogP contribution in [0.5, 0.6) is 5.75 Å². The second-order valence-corrected chi connectivity index (χ2v) is 6.57. The van der Waals surface area contributed by atoms with E-state index in [0.717, 1.165) is 4.90 Å². The average molecular weight is 377 g/mol. The van der Waals surface area contributed by atoms with Gasteiger partial charge in [-0.25, -0.2) is 4.39 Å².